The van der Waals surface area contributed by atoms with E-state index in [9.17, 15) is 0 Å². The molecule has 0 atom stereocenters. The van der Waals surface area contributed by atoms with Crippen molar-refractivity contribution in [1.82, 2.24) is 0 Å². The summed E-state index contributed by atoms with van der Waals surface area (Å²) in [6, 6.07) is 0. The second-order valence-electron chi connectivity index (χ2n) is 11.8. The maximum Gasteiger partial charge on any atom is -0.00773 e. The molecule has 0 bridgehead atoms. The van der Waals surface area contributed by atoms with Gasteiger partial charge in [-0.05, 0) is 25.1 Å². The maximum absolute atomic E-state index is 5.54. The Morgan fingerprint density at radius 2 is 0.361 bits per heavy atom. The van der Waals surface area contributed by atoms with Crippen molar-refractivity contribution in [2.45, 2.75) is 205 Å². The van der Waals surface area contributed by atoms with Crippen LogP contribution >= 0.6 is 12.6 Å². The number of hydrogen-bond acceptors (Lipinski definition) is 2. The highest BCUT2D eigenvalue weighted by Gasteiger charge is 1.97. The largest absolute Gasteiger partial charge is 0.330 e. The molecule has 1 nitrogen and oxygen atoms in total. The zero-order chi connectivity index (χ0) is 26.0. The molecule has 0 rings (SSSR count). The normalized spacial score (nSPS) is 11.5. The van der Waals surface area contributed by atoms with E-state index in [1.165, 1.54) is 205 Å². The molecular formula is C34H71NS. The number of hydrogen-bond donors (Lipinski definition) is 2. The Hall–Kier alpha value is 0.310. The minimum atomic E-state index is 0.874. The van der Waals surface area contributed by atoms with E-state index in [2.05, 4.69) is 12.6 Å². The third-order valence-corrected chi connectivity index (χ3v) is 8.43. The lowest BCUT2D eigenvalue weighted by Crippen LogP contribution is -1.97. The monoisotopic (exact) mass is 526 g/mol. The zero-order valence-electron chi connectivity index (χ0n) is 25.1. The molecule has 0 aromatic heterocycles. The van der Waals surface area contributed by atoms with Crippen molar-refractivity contribution in [3.63, 3.8) is 0 Å². The number of unbranched alkanes of at least 4 members (excludes halogenated alkanes) is 31. The van der Waals surface area contributed by atoms with Gasteiger partial charge in [-0.3, -0.25) is 0 Å². The molecule has 0 heterocycles. The van der Waals surface area contributed by atoms with Crippen LogP contribution in [0.25, 0.3) is 0 Å². The second-order valence-corrected chi connectivity index (χ2v) is 12.3. The van der Waals surface area contributed by atoms with Crippen molar-refractivity contribution in [1.29, 1.82) is 0 Å². The van der Waals surface area contributed by atoms with Crippen LogP contribution in [0.4, 0.5) is 0 Å². The van der Waals surface area contributed by atoms with Gasteiger partial charge in [0.15, 0.2) is 0 Å². The van der Waals surface area contributed by atoms with Crippen LogP contribution in [0.2, 0.25) is 0 Å². The van der Waals surface area contributed by atoms with E-state index in [1.807, 2.05) is 0 Å². The standard InChI is InChI=1S/C34H71NS/c35-33-31-29-27-25-23-21-19-17-15-13-11-9-7-5-3-1-2-4-6-8-10-12-14-16-18-20-22-24-26-28-30-32-34-36/h36H,1-35H2. The van der Waals surface area contributed by atoms with Gasteiger partial charge >= 0.3 is 0 Å². The molecule has 0 spiro atoms. The van der Waals surface area contributed by atoms with E-state index in [-0.39, 0.29) is 0 Å². The Balaban J connectivity index is 3.00. The van der Waals surface area contributed by atoms with Gasteiger partial charge in [-0.25, -0.2) is 0 Å². The van der Waals surface area contributed by atoms with Crippen LogP contribution in [0.15, 0.2) is 0 Å². The summed E-state index contributed by atoms with van der Waals surface area (Å²) in [7, 11) is 0. The first-order chi connectivity index (χ1) is 17.9. The fourth-order valence-corrected chi connectivity index (χ4v) is 5.78. The first-order valence-corrected chi connectivity index (χ1v) is 17.9. The van der Waals surface area contributed by atoms with Gasteiger partial charge in [-0.1, -0.05) is 193 Å². The Labute approximate surface area is 235 Å². The number of nitrogens with two attached hydrogens (primary N) is 1. The van der Waals surface area contributed by atoms with E-state index in [0.29, 0.717) is 0 Å². The molecule has 0 radical (unpaired) electrons. The van der Waals surface area contributed by atoms with E-state index in [0.717, 1.165) is 12.3 Å². The van der Waals surface area contributed by atoms with Gasteiger partial charge in [0.2, 0.25) is 0 Å². The molecule has 0 aliphatic carbocycles. The summed E-state index contributed by atoms with van der Waals surface area (Å²) in [5, 5.41) is 0. The van der Waals surface area contributed by atoms with E-state index < -0.39 is 0 Å². The molecule has 0 aliphatic heterocycles. The van der Waals surface area contributed by atoms with Crippen molar-refractivity contribution >= 4 is 12.6 Å². The summed E-state index contributed by atoms with van der Waals surface area (Å²) in [5.41, 5.74) is 5.54. The maximum atomic E-state index is 5.54. The average molecular weight is 526 g/mol. The average Bonchev–Trinajstić information content (AvgIpc) is 2.89. The van der Waals surface area contributed by atoms with Crippen molar-refractivity contribution in [2.24, 2.45) is 5.73 Å². The van der Waals surface area contributed by atoms with Gasteiger partial charge in [-0.15, -0.1) is 0 Å². The van der Waals surface area contributed by atoms with Gasteiger partial charge in [0.05, 0.1) is 0 Å². The summed E-state index contributed by atoms with van der Waals surface area (Å²) < 4.78 is 0. The number of rotatable bonds is 33. The van der Waals surface area contributed by atoms with E-state index in [4.69, 9.17) is 5.73 Å². The minimum absolute atomic E-state index is 0.874. The highest BCUT2D eigenvalue weighted by molar-refractivity contribution is 7.80. The highest BCUT2D eigenvalue weighted by atomic mass is 32.1. The van der Waals surface area contributed by atoms with Crippen LogP contribution < -0.4 is 5.73 Å². The third-order valence-electron chi connectivity index (χ3n) is 8.11. The van der Waals surface area contributed by atoms with Crippen molar-refractivity contribution in [2.75, 3.05) is 12.3 Å². The predicted octanol–water partition coefficient (Wildman–Crippen LogP) is 12.4. The lowest BCUT2D eigenvalue weighted by molar-refractivity contribution is 0.512. The number of thiol groups is 1. The van der Waals surface area contributed by atoms with Crippen molar-refractivity contribution in [3.8, 4) is 0 Å². The quantitative estimate of drug-likeness (QED) is 0.0646. The van der Waals surface area contributed by atoms with Gasteiger partial charge in [0.25, 0.3) is 0 Å². The predicted molar refractivity (Wildman–Crippen MR) is 171 cm³/mol. The minimum Gasteiger partial charge on any atom is -0.330 e. The fraction of sp³-hybridized carbons (Fsp3) is 1.00. The Morgan fingerprint density at radius 1 is 0.222 bits per heavy atom. The zero-order valence-corrected chi connectivity index (χ0v) is 26.0. The Kier molecular flexibility index (Phi) is 35.6. The molecule has 2 N–H and O–H groups in total. The van der Waals surface area contributed by atoms with Gasteiger partial charge in [0.1, 0.15) is 0 Å². The molecule has 2 heteroatoms. The van der Waals surface area contributed by atoms with Crippen LogP contribution in [-0.2, 0) is 0 Å². The summed E-state index contributed by atoms with van der Waals surface area (Å²) in [5.74, 6) is 1.07. The molecule has 0 aliphatic rings. The molecule has 0 saturated heterocycles. The van der Waals surface area contributed by atoms with Gasteiger partial charge < -0.3 is 5.73 Å². The summed E-state index contributed by atoms with van der Waals surface area (Å²) in [4.78, 5) is 0. The van der Waals surface area contributed by atoms with Crippen LogP contribution in [0.3, 0.4) is 0 Å². The summed E-state index contributed by atoms with van der Waals surface area (Å²) >= 11 is 4.28. The second kappa shape index (κ2) is 35.3. The lowest BCUT2D eigenvalue weighted by atomic mass is 10.0. The van der Waals surface area contributed by atoms with Crippen molar-refractivity contribution in [3.05, 3.63) is 0 Å². The topological polar surface area (TPSA) is 26.0 Å². The molecule has 0 fully saturated rings. The molecule has 0 unspecified atom stereocenters. The molecule has 0 saturated carbocycles. The van der Waals surface area contributed by atoms with Crippen LogP contribution in [0.1, 0.15) is 205 Å². The first kappa shape index (κ1) is 36.3. The SMILES string of the molecule is NCCCCCCCCCCCCCCCCCCCCCCCCCCCCCCCCCCS. The van der Waals surface area contributed by atoms with Gasteiger partial charge in [0, 0.05) is 0 Å². The summed E-state index contributed by atoms with van der Waals surface area (Å²) in [6.07, 6.45) is 46.5. The third kappa shape index (κ3) is 34.3. The summed E-state index contributed by atoms with van der Waals surface area (Å²) in [6.45, 7) is 0.874. The molecule has 0 amide bonds. The Morgan fingerprint density at radius 3 is 0.500 bits per heavy atom. The lowest BCUT2D eigenvalue weighted by Gasteiger charge is -2.05. The molecular weight excluding hydrogens is 454 g/mol. The van der Waals surface area contributed by atoms with Gasteiger partial charge in [-0.2, -0.15) is 12.6 Å². The molecule has 0 aromatic carbocycles. The molecule has 0 aromatic rings. The fourth-order valence-electron chi connectivity index (χ4n) is 5.56. The smallest absolute Gasteiger partial charge is 0.00773 e. The van der Waals surface area contributed by atoms with Crippen LogP contribution in [0.5, 0.6) is 0 Å². The highest BCUT2D eigenvalue weighted by Crippen LogP contribution is 2.16. The Bertz CT molecular complexity index is 325. The van der Waals surface area contributed by atoms with E-state index in [1.54, 1.807) is 0 Å². The first-order valence-electron chi connectivity index (χ1n) is 17.2. The van der Waals surface area contributed by atoms with Crippen LogP contribution in [-0.4, -0.2) is 12.3 Å². The van der Waals surface area contributed by atoms with Crippen LogP contribution in [0, 0.1) is 0 Å². The van der Waals surface area contributed by atoms with Crippen molar-refractivity contribution < 1.29 is 0 Å². The van der Waals surface area contributed by atoms with E-state index >= 15 is 0 Å². The molecule has 218 valence electrons. The molecule has 36 heavy (non-hydrogen) atoms.